The van der Waals surface area contributed by atoms with Gasteiger partial charge in [-0.15, -0.1) is 11.6 Å². The van der Waals surface area contributed by atoms with E-state index in [4.69, 9.17) is 17.1 Å². The minimum absolute atomic E-state index is 0.370. The zero-order chi connectivity index (χ0) is 9.03. The summed E-state index contributed by atoms with van der Waals surface area (Å²) in [6.07, 6.45) is 0. The van der Waals surface area contributed by atoms with Crippen molar-refractivity contribution < 1.29 is 0 Å². The normalized spacial score (nSPS) is 24.8. The van der Waals surface area contributed by atoms with Crippen molar-refractivity contribution in [2.75, 3.05) is 32.7 Å². The Kier molecular flexibility index (Phi) is 3.43. The van der Waals surface area contributed by atoms with Gasteiger partial charge in [-0.25, -0.2) is 5.53 Å². The van der Waals surface area contributed by atoms with Crippen LogP contribution in [0.2, 0.25) is 0 Å². The number of hydrogen-bond donors (Lipinski definition) is 2. The van der Waals surface area contributed by atoms with E-state index >= 15 is 0 Å². The fourth-order valence-corrected chi connectivity index (χ4v) is 1.60. The summed E-state index contributed by atoms with van der Waals surface area (Å²) in [7, 11) is 0. The summed E-state index contributed by atoms with van der Waals surface area (Å²) in [5.41, 5.74) is 6.78. The molecule has 4 nitrogen and oxygen atoms in total. The third-order valence-corrected chi connectivity index (χ3v) is 2.50. The predicted octanol–water partition coefficient (Wildman–Crippen LogP) is 0.878. The van der Waals surface area contributed by atoms with Crippen LogP contribution in [-0.2, 0) is 0 Å². The van der Waals surface area contributed by atoms with Gasteiger partial charge in [0.05, 0.1) is 6.54 Å². The van der Waals surface area contributed by atoms with E-state index in [0.717, 1.165) is 26.2 Å². The number of rotatable bonds is 3. The van der Waals surface area contributed by atoms with Crippen LogP contribution in [0, 0.1) is 5.53 Å². The van der Waals surface area contributed by atoms with Crippen LogP contribution in [0.3, 0.4) is 0 Å². The minimum atomic E-state index is -0.468. The number of nitrogens with one attached hydrogen (secondary N) is 2. The van der Waals surface area contributed by atoms with Crippen molar-refractivity contribution >= 4 is 11.6 Å². The first-order valence-electron chi connectivity index (χ1n) is 4.15. The van der Waals surface area contributed by atoms with Gasteiger partial charge in [-0.2, -0.15) is 5.11 Å². The molecule has 0 aromatic rings. The number of alkyl halides is 1. The number of hydrogen-bond acceptors (Lipinski definition) is 4. The molecule has 0 saturated carbocycles. The molecule has 1 saturated heterocycles. The van der Waals surface area contributed by atoms with Gasteiger partial charge in [0, 0.05) is 26.2 Å². The highest BCUT2D eigenvalue weighted by Gasteiger charge is 2.29. The highest BCUT2D eigenvalue weighted by molar-refractivity contribution is 6.23. The van der Waals surface area contributed by atoms with Gasteiger partial charge < -0.3 is 5.32 Å². The summed E-state index contributed by atoms with van der Waals surface area (Å²) in [4.78, 5) is 1.69. The Morgan fingerprint density at radius 2 is 2.17 bits per heavy atom. The summed E-state index contributed by atoms with van der Waals surface area (Å²) < 4.78 is 0. The van der Waals surface area contributed by atoms with Crippen molar-refractivity contribution in [3.63, 3.8) is 0 Å². The zero-order valence-corrected chi connectivity index (χ0v) is 8.06. The fraction of sp³-hybridized carbons (Fsp3) is 1.00. The molecular formula is C7H15ClN4. The molecule has 0 spiro atoms. The monoisotopic (exact) mass is 190 g/mol. The van der Waals surface area contributed by atoms with Gasteiger partial charge in [-0.3, -0.25) is 4.90 Å². The van der Waals surface area contributed by atoms with E-state index in [-0.39, 0.29) is 0 Å². The second-order valence-corrected chi connectivity index (χ2v) is 4.01. The second kappa shape index (κ2) is 4.16. The van der Waals surface area contributed by atoms with Crippen LogP contribution < -0.4 is 5.32 Å². The lowest BCUT2D eigenvalue weighted by molar-refractivity contribution is 0.157. The lowest BCUT2D eigenvalue weighted by Crippen LogP contribution is -2.53. The number of nitrogens with zero attached hydrogens (tertiary/aromatic N) is 2. The Bertz CT molecular complexity index is 153. The molecular weight excluding hydrogens is 176 g/mol. The third-order valence-electron chi connectivity index (χ3n) is 2.14. The van der Waals surface area contributed by atoms with Gasteiger partial charge in [0.15, 0.2) is 0 Å². The first-order chi connectivity index (χ1) is 5.67. The molecule has 12 heavy (non-hydrogen) atoms. The fourth-order valence-electron chi connectivity index (χ4n) is 1.38. The van der Waals surface area contributed by atoms with Crippen molar-refractivity contribution in [3.05, 3.63) is 0 Å². The van der Waals surface area contributed by atoms with Crippen molar-refractivity contribution in [1.29, 1.82) is 5.53 Å². The number of piperazine rings is 1. The first kappa shape index (κ1) is 9.89. The molecule has 1 unspecified atom stereocenters. The second-order valence-electron chi connectivity index (χ2n) is 3.20. The lowest BCUT2D eigenvalue weighted by Gasteiger charge is -2.37. The van der Waals surface area contributed by atoms with Gasteiger partial charge >= 0.3 is 0 Å². The summed E-state index contributed by atoms with van der Waals surface area (Å²) in [6, 6.07) is 0. The molecule has 0 aromatic carbocycles. The molecule has 0 aliphatic carbocycles. The average Bonchev–Trinajstić information content (AvgIpc) is 2.06. The average molecular weight is 191 g/mol. The highest BCUT2D eigenvalue weighted by atomic mass is 35.5. The minimum Gasteiger partial charge on any atom is -0.314 e. The third kappa shape index (κ3) is 2.40. The molecule has 5 heteroatoms. The van der Waals surface area contributed by atoms with E-state index in [1.807, 2.05) is 6.92 Å². The van der Waals surface area contributed by atoms with Crippen LogP contribution in [-0.4, -0.2) is 42.6 Å². The summed E-state index contributed by atoms with van der Waals surface area (Å²) in [6.45, 7) is 6.11. The van der Waals surface area contributed by atoms with Crippen molar-refractivity contribution in [2.24, 2.45) is 5.11 Å². The molecule has 1 aliphatic rings. The van der Waals surface area contributed by atoms with E-state index < -0.39 is 5.00 Å². The molecule has 0 radical (unpaired) electrons. The molecule has 1 rings (SSSR count). The van der Waals surface area contributed by atoms with E-state index in [0.29, 0.717) is 6.54 Å². The first-order valence-corrected chi connectivity index (χ1v) is 4.52. The molecule has 1 heterocycles. The van der Waals surface area contributed by atoms with Crippen LogP contribution in [0.15, 0.2) is 5.11 Å². The molecule has 1 atom stereocenters. The van der Waals surface area contributed by atoms with E-state index in [1.54, 1.807) is 0 Å². The largest absolute Gasteiger partial charge is 0.314 e. The van der Waals surface area contributed by atoms with Crippen LogP contribution in [0.4, 0.5) is 0 Å². The quantitative estimate of drug-likeness (QED) is 0.394. The molecule has 70 valence electrons. The zero-order valence-electron chi connectivity index (χ0n) is 7.31. The molecule has 0 bridgehead atoms. The van der Waals surface area contributed by atoms with Crippen LogP contribution in [0.5, 0.6) is 0 Å². The van der Waals surface area contributed by atoms with E-state index in [1.165, 1.54) is 0 Å². The molecule has 1 fully saturated rings. The standard InChI is InChI=1S/C7H15ClN4/c1-7(8,6-11-9)12-4-2-10-3-5-12/h9-10H,2-6H2,1H3. The Balaban J connectivity index is 2.47. The van der Waals surface area contributed by atoms with Crippen molar-refractivity contribution in [1.82, 2.24) is 10.2 Å². The van der Waals surface area contributed by atoms with Crippen molar-refractivity contribution in [3.8, 4) is 0 Å². The maximum absolute atomic E-state index is 6.78. The molecule has 2 N–H and O–H groups in total. The van der Waals surface area contributed by atoms with Gasteiger partial charge in [-0.1, -0.05) is 0 Å². The Labute approximate surface area is 77.8 Å². The van der Waals surface area contributed by atoms with Gasteiger partial charge in [0.25, 0.3) is 0 Å². The van der Waals surface area contributed by atoms with Crippen LogP contribution in [0.25, 0.3) is 0 Å². The topological polar surface area (TPSA) is 51.5 Å². The highest BCUT2D eigenvalue weighted by Crippen LogP contribution is 2.20. The lowest BCUT2D eigenvalue weighted by atomic mass is 10.2. The maximum Gasteiger partial charge on any atom is 0.115 e. The molecule has 0 aromatic heterocycles. The summed E-state index contributed by atoms with van der Waals surface area (Å²) >= 11 is 6.20. The van der Waals surface area contributed by atoms with E-state index in [2.05, 4.69) is 15.3 Å². The molecule has 1 aliphatic heterocycles. The smallest absolute Gasteiger partial charge is 0.115 e. The Morgan fingerprint density at radius 1 is 1.58 bits per heavy atom. The SMILES string of the molecule is CC(Cl)(CN=N)N1CCNCC1. The van der Waals surface area contributed by atoms with Gasteiger partial charge in [0.2, 0.25) is 0 Å². The Hall–Kier alpha value is -0.190. The number of halogens is 1. The van der Waals surface area contributed by atoms with E-state index in [9.17, 15) is 0 Å². The predicted molar refractivity (Wildman–Crippen MR) is 48.7 cm³/mol. The summed E-state index contributed by atoms with van der Waals surface area (Å²) in [5.74, 6) is 0. The van der Waals surface area contributed by atoms with Crippen LogP contribution in [0.1, 0.15) is 6.92 Å². The van der Waals surface area contributed by atoms with Crippen LogP contribution >= 0.6 is 11.6 Å². The van der Waals surface area contributed by atoms with Gasteiger partial charge in [-0.05, 0) is 6.92 Å². The van der Waals surface area contributed by atoms with Crippen molar-refractivity contribution in [2.45, 2.75) is 11.9 Å². The summed E-state index contributed by atoms with van der Waals surface area (Å²) in [5, 5.41) is 6.59. The Morgan fingerprint density at radius 3 is 2.67 bits per heavy atom. The molecule has 0 amide bonds. The maximum atomic E-state index is 6.78. The van der Waals surface area contributed by atoms with Gasteiger partial charge in [0.1, 0.15) is 5.00 Å².